The fourth-order valence-corrected chi connectivity index (χ4v) is 5.43. The highest BCUT2D eigenvalue weighted by molar-refractivity contribution is 5.98. The lowest BCUT2D eigenvalue weighted by Crippen LogP contribution is -2.35. The Balaban J connectivity index is 1.21. The van der Waals surface area contributed by atoms with Crippen molar-refractivity contribution in [2.45, 2.75) is 45.6 Å². The summed E-state index contributed by atoms with van der Waals surface area (Å²) in [5.41, 5.74) is 5.11. The number of hydrogen-bond donors (Lipinski definition) is 1. The zero-order chi connectivity index (χ0) is 24.6. The third-order valence-corrected chi connectivity index (χ3v) is 7.45. The fraction of sp³-hybridized carbons (Fsp3) is 0.379. The number of carbonyl (C=O) groups excluding carboxylic acids is 1. The molecule has 6 rings (SSSR count). The number of benzene rings is 2. The van der Waals surface area contributed by atoms with Gasteiger partial charge in [0.15, 0.2) is 0 Å². The molecule has 7 heteroatoms. The maximum absolute atomic E-state index is 12.9. The van der Waals surface area contributed by atoms with Crippen molar-refractivity contribution in [3.8, 4) is 0 Å². The van der Waals surface area contributed by atoms with Gasteiger partial charge in [-0.25, -0.2) is 4.79 Å². The van der Waals surface area contributed by atoms with E-state index in [-0.39, 0.29) is 12.3 Å². The zero-order valence-electron chi connectivity index (χ0n) is 20.5. The van der Waals surface area contributed by atoms with Crippen molar-refractivity contribution in [2.24, 2.45) is 0 Å². The SMILES string of the molecule is Cc1c(CC(=O)Nc2ccc(CN3CCOCC3)cc2)c(=O)oc2cc3oc4c(c3cc12)CCCC4. The molecule has 0 bridgehead atoms. The van der Waals surface area contributed by atoms with E-state index >= 15 is 0 Å². The average molecular weight is 487 g/mol. The maximum Gasteiger partial charge on any atom is 0.340 e. The van der Waals surface area contributed by atoms with Gasteiger partial charge in [-0.1, -0.05) is 12.1 Å². The molecule has 2 aromatic carbocycles. The van der Waals surface area contributed by atoms with E-state index in [1.807, 2.05) is 37.3 Å². The molecule has 4 aromatic rings. The van der Waals surface area contributed by atoms with Crippen LogP contribution in [0.3, 0.4) is 0 Å². The Morgan fingerprint density at radius 3 is 2.53 bits per heavy atom. The maximum atomic E-state index is 12.9. The lowest BCUT2D eigenvalue weighted by atomic mass is 9.94. The van der Waals surface area contributed by atoms with Crippen LogP contribution in [0.25, 0.3) is 21.9 Å². The highest BCUT2D eigenvalue weighted by Crippen LogP contribution is 2.35. The third kappa shape index (κ3) is 4.45. The number of furan rings is 1. The molecule has 1 aliphatic heterocycles. The minimum atomic E-state index is -0.480. The van der Waals surface area contributed by atoms with Gasteiger partial charge >= 0.3 is 5.63 Å². The Hall–Kier alpha value is -3.42. The number of hydrogen-bond acceptors (Lipinski definition) is 6. The van der Waals surface area contributed by atoms with Crippen LogP contribution in [0.5, 0.6) is 0 Å². The molecule has 0 unspecified atom stereocenters. The van der Waals surface area contributed by atoms with Crippen molar-refractivity contribution in [1.82, 2.24) is 4.90 Å². The van der Waals surface area contributed by atoms with Crippen LogP contribution in [-0.2, 0) is 35.3 Å². The van der Waals surface area contributed by atoms with Gasteiger partial charge in [0.25, 0.3) is 0 Å². The summed E-state index contributed by atoms with van der Waals surface area (Å²) in [5.74, 6) is 0.801. The molecule has 1 aliphatic carbocycles. The first-order valence-electron chi connectivity index (χ1n) is 12.7. The van der Waals surface area contributed by atoms with Crippen LogP contribution in [0.1, 0.15) is 40.9 Å². The first-order chi connectivity index (χ1) is 17.5. The molecule has 3 heterocycles. The van der Waals surface area contributed by atoms with Gasteiger partial charge in [0, 0.05) is 54.1 Å². The molecule has 1 fully saturated rings. The summed E-state index contributed by atoms with van der Waals surface area (Å²) in [6, 6.07) is 11.7. The van der Waals surface area contributed by atoms with Crippen LogP contribution in [0.4, 0.5) is 5.69 Å². The molecule has 186 valence electrons. The number of fused-ring (bicyclic) bond motifs is 4. The molecule has 36 heavy (non-hydrogen) atoms. The van der Waals surface area contributed by atoms with Crippen molar-refractivity contribution < 1.29 is 18.4 Å². The third-order valence-electron chi connectivity index (χ3n) is 7.45. The van der Waals surface area contributed by atoms with E-state index in [1.54, 1.807) is 0 Å². The van der Waals surface area contributed by atoms with Gasteiger partial charge < -0.3 is 18.9 Å². The quantitative estimate of drug-likeness (QED) is 0.410. The molecule has 2 aromatic heterocycles. The minimum Gasteiger partial charge on any atom is -0.461 e. The minimum absolute atomic E-state index is 0.0405. The number of rotatable bonds is 5. The predicted molar refractivity (Wildman–Crippen MR) is 139 cm³/mol. The topological polar surface area (TPSA) is 84.9 Å². The van der Waals surface area contributed by atoms with E-state index in [4.69, 9.17) is 13.6 Å². The average Bonchev–Trinajstić information content (AvgIpc) is 3.25. The van der Waals surface area contributed by atoms with Crippen LogP contribution < -0.4 is 10.9 Å². The monoisotopic (exact) mass is 486 g/mol. The molecule has 0 spiro atoms. The smallest absolute Gasteiger partial charge is 0.340 e. The molecule has 0 radical (unpaired) electrons. The summed E-state index contributed by atoms with van der Waals surface area (Å²) in [7, 11) is 0. The predicted octanol–water partition coefficient (Wildman–Crippen LogP) is 4.74. The molecular weight excluding hydrogens is 456 g/mol. The first-order valence-corrected chi connectivity index (χ1v) is 12.7. The Bertz CT molecular complexity index is 1490. The van der Waals surface area contributed by atoms with E-state index in [0.29, 0.717) is 16.8 Å². The molecule has 2 aliphatic rings. The molecule has 0 atom stereocenters. The largest absolute Gasteiger partial charge is 0.461 e. The van der Waals surface area contributed by atoms with Crippen molar-refractivity contribution in [2.75, 3.05) is 31.6 Å². The standard InChI is InChI=1S/C29H30N2O5/c1-18-22-14-24-21-4-2-3-5-25(21)35-27(24)16-26(22)36-29(33)23(18)15-28(32)30-20-8-6-19(7-9-20)17-31-10-12-34-13-11-31/h6-9,14,16H,2-5,10-13,15,17H2,1H3,(H,30,32). The Morgan fingerprint density at radius 2 is 1.72 bits per heavy atom. The second-order valence-corrected chi connectivity index (χ2v) is 9.86. The summed E-state index contributed by atoms with van der Waals surface area (Å²) < 4.78 is 17.1. The van der Waals surface area contributed by atoms with Gasteiger partial charge in [-0.2, -0.15) is 0 Å². The van der Waals surface area contributed by atoms with E-state index in [1.165, 1.54) is 11.1 Å². The lowest BCUT2D eigenvalue weighted by Gasteiger charge is -2.26. The van der Waals surface area contributed by atoms with Crippen molar-refractivity contribution in [1.29, 1.82) is 0 Å². The van der Waals surface area contributed by atoms with Crippen molar-refractivity contribution >= 4 is 33.5 Å². The Labute approximate surface area is 209 Å². The van der Waals surface area contributed by atoms with E-state index in [9.17, 15) is 9.59 Å². The van der Waals surface area contributed by atoms with Crippen LogP contribution in [-0.4, -0.2) is 37.1 Å². The highest BCUT2D eigenvalue weighted by Gasteiger charge is 2.21. The molecule has 7 nitrogen and oxygen atoms in total. The summed E-state index contributed by atoms with van der Waals surface area (Å²) in [6.45, 7) is 6.15. The number of aryl methyl sites for hydroxylation is 3. The number of ether oxygens (including phenoxy) is 1. The Kier molecular flexibility index (Phi) is 6.11. The summed E-state index contributed by atoms with van der Waals surface area (Å²) in [4.78, 5) is 28.0. The van der Waals surface area contributed by atoms with Gasteiger partial charge in [-0.15, -0.1) is 0 Å². The van der Waals surface area contributed by atoms with E-state index in [0.717, 1.165) is 86.2 Å². The first kappa shape index (κ1) is 23.0. The Morgan fingerprint density at radius 1 is 0.972 bits per heavy atom. The van der Waals surface area contributed by atoms with E-state index in [2.05, 4.69) is 16.3 Å². The highest BCUT2D eigenvalue weighted by atomic mass is 16.5. The van der Waals surface area contributed by atoms with Crippen molar-refractivity contribution in [3.05, 3.63) is 74.8 Å². The summed E-state index contributed by atoms with van der Waals surface area (Å²) in [5, 5.41) is 4.86. The molecule has 0 saturated carbocycles. The normalized spacial score (nSPS) is 16.4. The van der Waals surface area contributed by atoms with Crippen LogP contribution in [0.2, 0.25) is 0 Å². The second kappa shape index (κ2) is 9.56. The number of carbonyl (C=O) groups is 1. The fourth-order valence-electron chi connectivity index (χ4n) is 5.43. The lowest BCUT2D eigenvalue weighted by molar-refractivity contribution is -0.115. The molecule has 1 amide bonds. The van der Waals surface area contributed by atoms with Gasteiger partial charge in [0.2, 0.25) is 5.91 Å². The summed E-state index contributed by atoms with van der Waals surface area (Å²) >= 11 is 0. The van der Waals surface area contributed by atoms with Crippen LogP contribution in [0, 0.1) is 6.92 Å². The molecule has 1 saturated heterocycles. The van der Waals surface area contributed by atoms with Crippen molar-refractivity contribution in [3.63, 3.8) is 0 Å². The van der Waals surface area contributed by atoms with Gasteiger partial charge in [-0.3, -0.25) is 9.69 Å². The van der Waals surface area contributed by atoms with Crippen LogP contribution in [0.15, 0.2) is 50.0 Å². The number of amides is 1. The summed E-state index contributed by atoms with van der Waals surface area (Å²) in [6.07, 6.45) is 4.20. The number of nitrogens with one attached hydrogen (secondary N) is 1. The van der Waals surface area contributed by atoms with Gasteiger partial charge in [0.05, 0.1) is 25.2 Å². The molecular formula is C29H30N2O5. The zero-order valence-corrected chi connectivity index (χ0v) is 20.5. The van der Waals surface area contributed by atoms with Gasteiger partial charge in [-0.05, 0) is 55.5 Å². The van der Waals surface area contributed by atoms with Crippen LogP contribution >= 0.6 is 0 Å². The number of morpholine rings is 1. The second-order valence-electron chi connectivity index (χ2n) is 9.86. The molecule has 1 N–H and O–H groups in total. The van der Waals surface area contributed by atoms with Gasteiger partial charge in [0.1, 0.15) is 16.9 Å². The number of anilines is 1. The van der Waals surface area contributed by atoms with E-state index < -0.39 is 5.63 Å². The number of nitrogens with zero attached hydrogens (tertiary/aromatic N) is 1.